The molecule has 14 heavy (non-hydrogen) atoms. The maximum Gasteiger partial charge on any atom is 0.137 e. The van der Waals surface area contributed by atoms with E-state index in [4.69, 9.17) is 11.6 Å². The molecule has 0 saturated carbocycles. The first-order valence-corrected chi connectivity index (χ1v) is 5.08. The van der Waals surface area contributed by atoms with E-state index in [1.54, 1.807) is 12.1 Å². The second kappa shape index (κ2) is 5.76. The number of halogens is 2. The van der Waals surface area contributed by atoms with Crippen molar-refractivity contribution in [2.75, 3.05) is 5.88 Å². The molecule has 0 aromatic heterocycles. The van der Waals surface area contributed by atoms with Gasteiger partial charge < -0.3 is 0 Å². The molecule has 0 N–H and O–H groups in total. The number of carbonyl (C=O) groups excluding carboxylic acids is 1. The Kier molecular flexibility index (Phi) is 4.60. The Morgan fingerprint density at radius 1 is 1.29 bits per heavy atom. The summed E-state index contributed by atoms with van der Waals surface area (Å²) in [5.41, 5.74) is 0.853. The molecule has 0 aliphatic heterocycles. The van der Waals surface area contributed by atoms with Gasteiger partial charge >= 0.3 is 0 Å². The lowest BCUT2D eigenvalue weighted by Gasteiger charge is -1.99. The van der Waals surface area contributed by atoms with Gasteiger partial charge in [-0.3, -0.25) is 4.79 Å². The van der Waals surface area contributed by atoms with Crippen molar-refractivity contribution in [1.82, 2.24) is 0 Å². The number of alkyl halides is 1. The molecular weight excluding hydrogens is 203 g/mol. The molecule has 1 aromatic rings. The SMILES string of the molecule is O=C(CCCCl)Cc1ccc(F)cc1. The molecule has 0 atom stereocenters. The van der Waals surface area contributed by atoms with Gasteiger partial charge in [-0.1, -0.05) is 12.1 Å². The monoisotopic (exact) mass is 214 g/mol. The van der Waals surface area contributed by atoms with E-state index in [1.165, 1.54) is 12.1 Å². The molecule has 0 unspecified atom stereocenters. The van der Waals surface area contributed by atoms with Gasteiger partial charge in [-0.2, -0.15) is 0 Å². The van der Waals surface area contributed by atoms with Crippen molar-refractivity contribution in [3.05, 3.63) is 35.6 Å². The molecule has 1 nitrogen and oxygen atoms in total. The van der Waals surface area contributed by atoms with Crippen LogP contribution in [0.1, 0.15) is 18.4 Å². The van der Waals surface area contributed by atoms with Crippen LogP contribution in [-0.2, 0) is 11.2 Å². The van der Waals surface area contributed by atoms with Gasteiger partial charge in [0, 0.05) is 18.7 Å². The molecule has 1 aromatic carbocycles. The zero-order valence-corrected chi connectivity index (χ0v) is 8.56. The molecular formula is C11H12ClFO. The summed E-state index contributed by atoms with van der Waals surface area (Å²) in [6, 6.07) is 6.00. The van der Waals surface area contributed by atoms with E-state index in [-0.39, 0.29) is 11.6 Å². The van der Waals surface area contributed by atoms with Crippen LogP contribution in [0.3, 0.4) is 0 Å². The Balaban J connectivity index is 2.44. The molecule has 0 fully saturated rings. The Labute approximate surface area is 87.9 Å². The number of ketones is 1. The van der Waals surface area contributed by atoms with Crippen LogP contribution in [-0.4, -0.2) is 11.7 Å². The van der Waals surface area contributed by atoms with E-state index < -0.39 is 0 Å². The highest BCUT2D eigenvalue weighted by molar-refractivity contribution is 6.17. The van der Waals surface area contributed by atoms with Crippen molar-refractivity contribution in [2.45, 2.75) is 19.3 Å². The second-order valence-electron chi connectivity index (χ2n) is 3.13. The molecule has 3 heteroatoms. The average molecular weight is 215 g/mol. The van der Waals surface area contributed by atoms with Gasteiger partial charge in [0.2, 0.25) is 0 Å². The first kappa shape index (κ1) is 11.2. The second-order valence-corrected chi connectivity index (χ2v) is 3.51. The number of Topliss-reactive ketones (excluding diaryl/α,β-unsaturated/α-hetero) is 1. The summed E-state index contributed by atoms with van der Waals surface area (Å²) in [6.45, 7) is 0. The maximum atomic E-state index is 12.5. The summed E-state index contributed by atoms with van der Waals surface area (Å²) in [5, 5.41) is 0. The summed E-state index contributed by atoms with van der Waals surface area (Å²) in [5.74, 6) is 0.383. The maximum absolute atomic E-state index is 12.5. The topological polar surface area (TPSA) is 17.1 Å². The Hall–Kier alpha value is -0.890. The predicted octanol–water partition coefficient (Wildman–Crippen LogP) is 2.96. The van der Waals surface area contributed by atoms with E-state index in [0.29, 0.717) is 25.1 Å². The fraction of sp³-hybridized carbons (Fsp3) is 0.364. The van der Waals surface area contributed by atoms with E-state index in [9.17, 15) is 9.18 Å². The minimum atomic E-state index is -0.276. The summed E-state index contributed by atoms with van der Waals surface area (Å²) < 4.78 is 12.5. The summed E-state index contributed by atoms with van der Waals surface area (Å²) in [6.07, 6.45) is 1.58. The van der Waals surface area contributed by atoms with Crippen molar-refractivity contribution in [3.8, 4) is 0 Å². The number of rotatable bonds is 5. The molecule has 0 saturated heterocycles. The van der Waals surface area contributed by atoms with Crippen LogP contribution in [0.5, 0.6) is 0 Å². The fourth-order valence-corrected chi connectivity index (χ4v) is 1.32. The van der Waals surface area contributed by atoms with Crippen molar-refractivity contribution >= 4 is 17.4 Å². The van der Waals surface area contributed by atoms with Crippen molar-refractivity contribution in [2.24, 2.45) is 0 Å². The fourth-order valence-electron chi connectivity index (χ4n) is 1.18. The lowest BCUT2D eigenvalue weighted by atomic mass is 10.1. The van der Waals surface area contributed by atoms with Crippen LogP contribution in [0.2, 0.25) is 0 Å². The minimum absolute atomic E-state index is 0.150. The summed E-state index contributed by atoms with van der Waals surface area (Å²) in [7, 11) is 0. The van der Waals surface area contributed by atoms with Crippen LogP contribution >= 0.6 is 11.6 Å². The highest BCUT2D eigenvalue weighted by atomic mass is 35.5. The van der Waals surface area contributed by atoms with Gasteiger partial charge in [0.1, 0.15) is 11.6 Å². The Morgan fingerprint density at radius 2 is 1.93 bits per heavy atom. The zero-order chi connectivity index (χ0) is 10.4. The van der Waals surface area contributed by atoms with Crippen molar-refractivity contribution in [3.63, 3.8) is 0 Å². The molecule has 1 rings (SSSR count). The Morgan fingerprint density at radius 3 is 2.50 bits per heavy atom. The first-order valence-electron chi connectivity index (χ1n) is 4.54. The predicted molar refractivity (Wildman–Crippen MR) is 55.1 cm³/mol. The van der Waals surface area contributed by atoms with E-state index in [0.717, 1.165) is 5.56 Å². The third kappa shape index (κ3) is 3.88. The van der Waals surface area contributed by atoms with Crippen molar-refractivity contribution < 1.29 is 9.18 Å². The van der Waals surface area contributed by atoms with Gasteiger partial charge in [-0.05, 0) is 24.1 Å². The van der Waals surface area contributed by atoms with Gasteiger partial charge in [-0.25, -0.2) is 4.39 Å². The Bertz CT molecular complexity index is 295. The molecule has 0 bridgehead atoms. The smallest absolute Gasteiger partial charge is 0.137 e. The van der Waals surface area contributed by atoms with Crippen LogP contribution in [0, 0.1) is 5.82 Å². The number of hydrogen-bond donors (Lipinski definition) is 0. The lowest BCUT2D eigenvalue weighted by molar-refractivity contribution is -0.118. The summed E-state index contributed by atoms with van der Waals surface area (Å²) >= 11 is 5.47. The third-order valence-electron chi connectivity index (χ3n) is 1.90. The first-order chi connectivity index (χ1) is 6.72. The van der Waals surface area contributed by atoms with Crippen LogP contribution in [0.4, 0.5) is 4.39 Å². The zero-order valence-electron chi connectivity index (χ0n) is 7.80. The van der Waals surface area contributed by atoms with E-state index in [1.807, 2.05) is 0 Å². The van der Waals surface area contributed by atoms with E-state index in [2.05, 4.69) is 0 Å². The highest BCUT2D eigenvalue weighted by Crippen LogP contribution is 2.06. The summed E-state index contributed by atoms with van der Waals surface area (Å²) in [4.78, 5) is 11.3. The molecule has 0 heterocycles. The number of benzene rings is 1. The van der Waals surface area contributed by atoms with Crippen LogP contribution in [0.25, 0.3) is 0 Å². The van der Waals surface area contributed by atoms with Gasteiger partial charge in [0.25, 0.3) is 0 Å². The molecule has 0 aliphatic rings. The molecule has 0 radical (unpaired) electrons. The number of hydrogen-bond acceptors (Lipinski definition) is 1. The van der Waals surface area contributed by atoms with Gasteiger partial charge in [0.15, 0.2) is 0 Å². The highest BCUT2D eigenvalue weighted by Gasteiger charge is 2.03. The standard InChI is InChI=1S/C11H12ClFO/c12-7-1-2-11(14)8-9-3-5-10(13)6-4-9/h3-6H,1-2,7-8H2. The molecule has 76 valence electrons. The van der Waals surface area contributed by atoms with Gasteiger partial charge in [0.05, 0.1) is 0 Å². The van der Waals surface area contributed by atoms with Crippen LogP contribution in [0.15, 0.2) is 24.3 Å². The van der Waals surface area contributed by atoms with Crippen LogP contribution < -0.4 is 0 Å². The minimum Gasteiger partial charge on any atom is -0.299 e. The largest absolute Gasteiger partial charge is 0.299 e. The average Bonchev–Trinajstić information content (AvgIpc) is 2.18. The lowest BCUT2D eigenvalue weighted by Crippen LogP contribution is -2.02. The van der Waals surface area contributed by atoms with Gasteiger partial charge in [-0.15, -0.1) is 11.6 Å². The third-order valence-corrected chi connectivity index (χ3v) is 2.17. The number of carbonyl (C=O) groups is 1. The van der Waals surface area contributed by atoms with E-state index >= 15 is 0 Å². The molecule has 0 spiro atoms. The normalized spacial score (nSPS) is 10.1. The molecule has 0 amide bonds. The molecule has 0 aliphatic carbocycles. The van der Waals surface area contributed by atoms with Crippen molar-refractivity contribution in [1.29, 1.82) is 0 Å². The quantitative estimate of drug-likeness (QED) is 0.689.